The fourth-order valence-electron chi connectivity index (χ4n) is 2.52. The molecule has 2 rings (SSSR count). The minimum Gasteiger partial charge on any atom is -0.445 e. The van der Waals surface area contributed by atoms with E-state index < -0.39 is 53.6 Å². The van der Waals surface area contributed by atoms with E-state index in [0.717, 1.165) is 11.6 Å². The van der Waals surface area contributed by atoms with Gasteiger partial charge in [0.2, 0.25) is 11.8 Å². The molecule has 0 radical (unpaired) electrons. The molecule has 0 saturated heterocycles. The fraction of sp³-hybridized carbons (Fsp3) is 0.286. The monoisotopic (exact) mass is 437 g/mol. The zero-order valence-corrected chi connectivity index (χ0v) is 16.9. The molecule has 0 saturated carbocycles. The number of carbonyl (C=O) groups excluding carboxylic acids is 3. The molecule has 1 atom stereocenters. The molecule has 10 heteroatoms. The largest absolute Gasteiger partial charge is 0.445 e. The van der Waals surface area contributed by atoms with Gasteiger partial charge in [0.15, 0.2) is 17.5 Å². The topological polar surface area (TPSA) is 96.5 Å². The minimum atomic E-state index is -1.72. The van der Waals surface area contributed by atoms with Crippen LogP contribution in [0.5, 0.6) is 0 Å². The molecule has 2 aromatic carbocycles. The Hall–Kier alpha value is -3.56. The highest BCUT2D eigenvalue weighted by Crippen LogP contribution is 2.19. The first-order chi connectivity index (χ1) is 14.7. The van der Waals surface area contributed by atoms with Gasteiger partial charge in [0.05, 0.1) is 12.2 Å². The molecule has 3 amide bonds. The number of alkyl carbamates (subject to hydrolysis) is 1. The fourth-order valence-corrected chi connectivity index (χ4v) is 2.52. The van der Waals surface area contributed by atoms with Crippen LogP contribution in [0.3, 0.4) is 0 Å². The molecule has 0 aliphatic carbocycles. The van der Waals surface area contributed by atoms with E-state index in [1.54, 1.807) is 38.1 Å². The van der Waals surface area contributed by atoms with Gasteiger partial charge in [0.1, 0.15) is 12.6 Å². The third-order valence-corrected chi connectivity index (χ3v) is 4.17. The summed E-state index contributed by atoms with van der Waals surface area (Å²) in [5.41, 5.74) is 0.200. The lowest BCUT2D eigenvalue weighted by Crippen LogP contribution is -2.51. The Bertz CT molecular complexity index is 939. The van der Waals surface area contributed by atoms with E-state index in [1.807, 2.05) is 11.4 Å². The highest BCUT2D eigenvalue weighted by molar-refractivity contribution is 5.95. The van der Waals surface area contributed by atoms with Gasteiger partial charge in [-0.2, -0.15) is 0 Å². The van der Waals surface area contributed by atoms with Gasteiger partial charge in [-0.1, -0.05) is 44.2 Å². The molecular formula is C21H22F3N3O4. The summed E-state index contributed by atoms with van der Waals surface area (Å²) >= 11 is 0. The Morgan fingerprint density at radius 2 is 1.65 bits per heavy atom. The van der Waals surface area contributed by atoms with Crippen LogP contribution in [0, 0.1) is 23.4 Å². The first kappa shape index (κ1) is 23.7. The summed E-state index contributed by atoms with van der Waals surface area (Å²) in [5.74, 6) is -6.55. The predicted octanol–water partition coefficient (Wildman–Crippen LogP) is 3.11. The second kappa shape index (κ2) is 11.0. The molecule has 166 valence electrons. The maximum atomic E-state index is 13.6. The van der Waals surface area contributed by atoms with Gasteiger partial charge < -0.3 is 20.7 Å². The molecule has 0 heterocycles. The lowest BCUT2D eigenvalue weighted by Gasteiger charge is -2.21. The van der Waals surface area contributed by atoms with Crippen molar-refractivity contribution in [3.63, 3.8) is 0 Å². The zero-order valence-electron chi connectivity index (χ0n) is 16.9. The van der Waals surface area contributed by atoms with Gasteiger partial charge in [-0.05, 0) is 23.6 Å². The van der Waals surface area contributed by atoms with E-state index in [-0.39, 0.29) is 12.5 Å². The number of anilines is 1. The van der Waals surface area contributed by atoms with Gasteiger partial charge in [0.25, 0.3) is 0 Å². The maximum absolute atomic E-state index is 13.6. The average molecular weight is 437 g/mol. The standard InChI is InChI=1S/C21H22F3N3O4/c1-12(2)19(27-21(30)31-11-13-6-4-3-5-7-13)20(29)25-10-16(28)26-15-9-8-14(22)17(23)18(15)24/h3-9,12,19H,10-11H2,1-2H3,(H,25,29)(H,26,28)(H,27,30)/t19-/m0/s1. The predicted molar refractivity (Wildman–Crippen MR) is 106 cm³/mol. The Labute approximate surface area is 177 Å². The van der Waals surface area contributed by atoms with Crippen LogP contribution in [0.1, 0.15) is 19.4 Å². The number of hydrogen-bond donors (Lipinski definition) is 3. The SMILES string of the molecule is CC(C)[C@H](NC(=O)OCc1ccccc1)C(=O)NCC(=O)Nc1ccc(F)c(F)c1F. The second-order valence-electron chi connectivity index (χ2n) is 6.92. The number of rotatable bonds is 8. The van der Waals surface area contributed by atoms with Gasteiger partial charge in [-0.3, -0.25) is 9.59 Å². The van der Waals surface area contributed by atoms with Crippen molar-refractivity contribution in [2.24, 2.45) is 5.92 Å². The molecule has 0 aromatic heterocycles. The summed E-state index contributed by atoms with van der Waals surface area (Å²) in [6, 6.07) is 9.45. The molecule has 0 aliphatic rings. The van der Waals surface area contributed by atoms with Crippen molar-refractivity contribution in [1.82, 2.24) is 10.6 Å². The molecular weight excluding hydrogens is 415 g/mol. The van der Waals surface area contributed by atoms with Crippen LogP contribution in [0.25, 0.3) is 0 Å². The maximum Gasteiger partial charge on any atom is 0.408 e. The first-order valence-corrected chi connectivity index (χ1v) is 9.37. The zero-order chi connectivity index (χ0) is 23.0. The second-order valence-corrected chi connectivity index (χ2v) is 6.92. The van der Waals surface area contributed by atoms with Crippen LogP contribution in [-0.4, -0.2) is 30.5 Å². The summed E-state index contributed by atoms with van der Waals surface area (Å²) < 4.78 is 44.9. The normalized spacial score (nSPS) is 11.5. The number of halogens is 3. The first-order valence-electron chi connectivity index (χ1n) is 9.37. The molecule has 0 bridgehead atoms. The lowest BCUT2D eigenvalue weighted by atomic mass is 10.0. The molecule has 0 aliphatic heterocycles. The third kappa shape index (κ3) is 7.02. The summed E-state index contributed by atoms with van der Waals surface area (Å²) in [4.78, 5) is 36.3. The van der Waals surface area contributed by atoms with Crippen LogP contribution < -0.4 is 16.0 Å². The summed E-state index contributed by atoms with van der Waals surface area (Å²) in [6.07, 6.45) is -0.814. The molecule has 0 fully saturated rings. The Kier molecular flexibility index (Phi) is 8.42. The van der Waals surface area contributed by atoms with Gasteiger partial charge in [-0.25, -0.2) is 18.0 Å². The summed E-state index contributed by atoms with van der Waals surface area (Å²) in [5, 5.41) is 6.76. The molecule has 0 spiro atoms. The van der Waals surface area contributed by atoms with Crippen molar-refractivity contribution < 1.29 is 32.3 Å². The number of nitrogens with one attached hydrogen (secondary N) is 3. The number of ether oxygens (including phenoxy) is 1. The Morgan fingerprint density at radius 1 is 0.968 bits per heavy atom. The van der Waals surface area contributed by atoms with Gasteiger partial charge in [0, 0.05) is 0 Å². The number of carbonyl (C=O) groups is 3. The van der Waals surface area contributed by atoms with Gasteiger partial charge in [-0.15, -0.1) is 0 Å². The van der Waals surface area contributed by atoms with Crippen LogP contribution in [0.15, 0.2) is 42.5 Å². The van der Waals surface area contributed by atoms with E-state index in [4.69, 9.17) is 4.74 Å². The van der Waals surface area contributed by atoms with E-state index in [0.29, 0.717) is 6.07 Å². The minimum absolute atomic E-state index is 0.0152. The average Bonchev–Trinajstić information content (AvgIpc) is 2.75. The molecule has 2 aromatic rings. The van der Waals surface area contributed by atoms with E-state index in [1.165, 1.54) is 0 Å². The Morgan fingerprint density at radius 3 is 2.29 bits per heavy atom. The number of hydrogen-bond acceptors (Lipinski definition) is 4. The molecule has 7 nitrogen and oxygen atoms in total. The van der Waals surface area contributed by atoms with Gasteiger partial charge >= 0.3 is 6.09 Å². The van der Waals surface area contributed by atoms with Crippen molar-refractivity contribution in [2.45, 2.75) is 26.5 Å². The van der Waals surface area contributed by atoms with Crippen LogP contribution >= 0.6 is 0 Å². The van der Waals surface area contributed by atoms with Crippen molar-refractivity contribution in [2.75, 3.05) is 11.9 Å². The third-order valence-electron chi connectivity index (χ3n) is 4.17. The van der Waals surface area contributed by atoms with Crippen LogP contribution in [0.2, 0.25) is 0 Å². The van der Waals surface area contributed by atoms with Crippen LogP contribution in [0.4, 0.5) is 23.7 Å². The number of benzene rings is 2. The van der Waals surface area contributed by atoms with Crippen molar-refractivity contribution in [3.05, 3.63) is 65.5 Å². The van der Waals surface area contributed by atoms with Crippen LogP contribution in [-0.2, 0) is 20.9 Å². The lowest BCUT2D eigenvalue weighted by molar-refractivity contribution is -0.126. The molecule has 31 heavy (non-hydrogen) atoms. The van der Waals surface area contributed by atoms with Crippen molar-refractivity contribution >= 4 is 23.6 Å². The quantitative estimate of drug-likeness (QED) is 0.553. The van der Waals surface area contributed by atoms with E-state index in [9.17, 15) is 27.6 Å². The number of amides is 3. The highest BCUT2D eigenvalue weighted by Gasteiger charge is 2.25. The molecule has 3 N–H and O–H groups in total. The smallest absolute Gasteiger partial charge is 0.408 e. The van der Waals surface area contributed by atoms with Crippen molar-refractivity contribution in [3.8, 4) is 0 Å². The highest BCUT2D eigenvalue weighted by atomic mass is 19.2. The summed E-state index contributed by atoms with van der Waals surface area (Å²) in [6.45, 7) is 2.79. The van der Waals surface area contributed by atoms with E-state index in [2.05, 4.69) is 10.6 Å². The van der Waals surface area contributed by atoms with Crippen molar-refractivity contribution in [1.29, 1.82) is 0 Å². The Balaban J connectivity index is 1.86. The van der Waals surface area contributed by atoms with E-state index >= 15 is 0 Å². The molecule has 0 unspecified atom stereocenters. The summed E-state index contributed by atoms with van der Waals surface area (Å²) in [7, 11) is 0.